The first kappa shape index (κ1) is 22.3. The van der Waals surface area contributed by atoms with Gasteiger partial charge in [-0.2, -0.15) is 0 Å². The van der Waals surface area contributed by atoms with Gasteiger partial charge in [0.05, 0.1) is 12.6 Å². The van der Waals surface area contributed by atoms with Crippen molar-refractivity contribution in [2.24, 2.45) is 4.99 Å². The zero-order chi connectivity index (χ0) is 21.3. The Kier molecular flexibility index (Phi) is 8.29. The standard InChI is InChI=1S/C24H34N2O4/c1-3-23(28)26(20-12-8-5-9-13-20)21(19-10-6-4-7-11-19)14-15-22(30-18(2)27)24-25-16-17-29-24/h4,6-7,10-11,20-22H,3,5,8-9,12-17H2,1-2H3/t21-,22-/m1/s1. The van der Waals surface area contributed by atoms with Gasteiger partial charge in [0.2, 0.25) is 11.8 Å². The number of esters is 1. The Morgan fingerprint density at radius 3 is 2.50 bits per heavy atom. The summed E-state index contributed by atoms with van der Waals surface area (Å²) in [5.74, 6) is 0.348. The highest BCUT2D eigenvalue weighted by atomic mass is 16.6. The summed E-state index contributed by atoms with van der Waals surface area (Å²) in [6.45, 7) is 4.46. The minimum atomic E-state index is -0.499. The molecule has 2 aliphatic rings. The van der Waals surface area contributed by atoms with Crippen molar-refractivity contribution in [1.82, 2.24) is 4.90 Å². The molecule has 0 saturated heterocycles. The van der Waals surface area contributed by atoms with Crippen molar-refractivity contribution in [2.75, 3.05) is 13.2 Å². The Bertz CT molecular complexity index is 728. The van der Waals surface area contributed by atoms with Crippen LogP contribution in [0.5, 0.6) is 0 Å². The Morgan fingerprint density at radius 1 is 1.17 bits per heavy atom. The lowest BCUT2D eigenvalue weighted by Gasteiger charge is -2.41. The van der Waals surface area contributed by atoms with Crippen LogP contribution in [0.2, 0.25) is 0 Å². The van der Waals surface area contributed by atoms with E-state index < -0.39 is 6.10 Å². The van der Waals surface area contributed by atoms with E-state index in [0.29, 0.717) is 38.3 Å². The van der Waals surface area contributed by atoms with Gasteiger partial charge in [-0.05, 0) is 31.2 Å². The highest BCUT2D eigenvalue weighted by Crippen LogP contribution is 2.34. The summed E-state index contributed by atoms with van der Waals surface area (Å²) in [7, 11) is 0. The smallest absolute Gasteiger partial charge is 0.303 e. The van der Waals surface area contributed by atoms with Crippen LogP contribution in [0, 0.1) is 0 Å². The molecule has 0 radical (unpaired) electrons. The molecular weight excluding hydrogens is 380 g/mol. The molecule has 6 nitrogen and oxygen atoms in total. The summed E-state index contributed by atoms with van der Waals surface area (Å²) in [6.07, 6.45) is 6.93. The molecule has 1 fully saturated rings. The van der Waals surface area contributed by atoms with Crippen LogP contribution in [0.25, 0.3) is 0 Å². The molecule has 1 aliphatic carbocycles. The lowest BCUT2D eigenvalue weighted by molar-refractivity contribution is -0.145. The molecule has 2 atom stereocenters. The summed E-state index contributed by atoms with van der Waals surface area (Å²) in [5, 5.41) is 0. The molecule has 0 bridgehead atoms. The number of benzene rings is 1. The predicted molar refractivity (Wildman–Crippen MR) is 116 cm³/mol. The number of carbonyl (C=O) groups excluding carboxylic acids is 2. The molecule has 0 N–H and O–H groups in total. The van der Waals surface area contributed by atoms with Crippen LogP contribution in [-0.2, 0) is 19.1 Å². The molecule has 1 aromatic carbocycles. The number of carbonyl (C=O) groups is 2. The fourth-order valence-electron chi connectivity index (χ4n) is 4.60. The predicted octanol–water partition coefficient (Wildman–Crippen LogP) is 4.44. The average Bonchev–Trinajstić information content (AvgIpc) is 3.31. The number of amides is 1. The van der Waals surface area contributed by atoms with Gasteiger partial charge in [0.25, 0.3) is 0 Å². The van der Waals surface area contributed by atoms with Gasteiger partial charge in [0.1, 0.15) is 6.61 Å². The normalized spacial score (nSPS) is 18.8. The van der Waals surface area contributed by atoms with E-state index in [4.69, 9.17) is 9.47 Å². The lowest BCUT2D eigenvalue weighted by atomic mass is 9.89. The third-order valence-corrected chi connectivity index (χ3v) is 5.97. The molecule has 164 valence electrons. The third-order valence-electron chi connectivity index (χ3n) is 5.97. The minimum absolute atomic E-state index is 0.0539. The zero-order valence-corrected chi connectivity index (χ0v) is 18.2. The Hall–Kier alpha value is -2.37. The van der Waals surface area contributed by atoms with Crippen LogP contribution in [0.3, 0.4) is 0 Å². The van der Waals surface area contributed by atoms with Crippen LogP contribution in [0.4, 0.5) is 0 Å². The van der Waals surface area contributed by atoms with Gasteiger partial charge in [-0.25, -0.2) is 4.99 Å². The number of ether oxygens (including phenoxy) is 2. The first-order valence-corrected chi connectivity index (χ1v) is 11.3. The molecule has 0 unspecified atom stereocenters. The molecule has 1 heterocycles. The van der Waals surface area contributed by atoms with Crippen molar-refractivity contribution in [3.8, 4) is 0 Å². The second kappa shape index (κ2) is 11.1. The summed E-state index contributed by atoms with van der Waals surface area (Å²) in [5.41, 5.74) is 1.13. The first-order chi connectivity index (χ1) is 14.6. The molecule has 30 heavy (non-hydrogen) atoms. The maximum Gasteiger partial charge on any atom is 0.303 e. The Labute approximate surface area is 179 Å². The third kappa shape index (κ3) is 5.83. The SMILES string of the molecule is CCC(=O)N(C1CCCCC1)[C@H](CC[C@@H](OC(C)=O)C1=NCCO1)c1ccccc1. The fourth-order valence-corrected chi connectivity index (χ4v) is 4.60. The van der Waals surface area contributed by atoms with E-state index in [1.54, 1.807) is 0 Å². The molecule has 1 amide bonds. The maximum atomic E-state index is 13.1. The molecular formula is C24H34N2O4. The van der Waals surface area contributed by atoms with Crippen molar-refractivity contribution in [3.63, 3.8) is 0 Å². The quantitative estimate of drug-likeness (QED) is 0.560. The van der Waals surface area contributed by atoms with Crippen molar-refractivity contribution in [3.05, 3.63) is 35.9 Å². The van der Waals surface area contributed by atoms with Gasteiger partial charge in [-0.15, -0.1) is 0 Å². The van der Waals surface area contributed by atoms with Crippen LogP contribution in [0.1, 0.15) is 76.8 Å². The second-order valence-electron chi connectivity index (χ2n) is 8.12. The zero-order valence-electron chi connectivity index (χ0n) is 18.2. The largest absolute Gasteiger partial charge is 0.476 e. The number of hydrogen-bond donors (Lipinski definition) is 0. The Balaban J connectivity index is 1.85. The summed E-state index contributed by atoms with van der Waals surface area (Å²) < 4.78 is 11.1. The van der Waals surface area contributed by atoms with E-state index in [2.05, 4.69) is 22.0 Å². The minimum Gasteiger partial charge on any atom is -0.476 e. The van der Waals surface area contributed by atoms with Gasteiger partial charge < -0.3 is 14.4 Å². The van der Waals surface area contributed by atoms with Gasteiger partial charge in [0.15, 0.2) is 6.10 Å². The fraction of sp³-hybridized carbons (Fsp3) is 0.625. The van der Waals surface area contributed by atoms with Crippen LogP contribution < -0.4 is 0 Å². The van der Waals surface area contributed by atoms with Crippen molar-refractivity contribution < 1.29 is 19.1 Å². The van der Waals surface area contributed by atoms with E-state index in [1.807, 2.05) is 25.1 Å². The van der Waals surface area contributed by atoms with E-state index in [1.165, 1.54) is 26.2 Å². The molecule has 6 heteroatoms. The average molecular weight is 415 g/mol. The van der Waals surface area contributed by atoms with Crippen molar-refractivity contribution in [1.29, 1.82) is 0 Å². The number of aliphatic imine (C=N–C) groups is 1. The van der Waals surface area contributed by atoms with Crippen LogP contribution in [0.15, 0.2) is 35.3 Å². The summed E-state index contributed by atoms with van der Waals surface area (Å²) in [4.78, 5) is 31.2. The Morgan fingerprint density at radius 2 is 1.90 bits per heavy atom. The molecule has 0 aromatic heterocycles. The molecule has 1 saturated carbocycles. The van der Waals surface area contributed by atoms with Gasteiger partial charge in [-0.3, -0.25) is 9.59 Å². The van der Waals surface area contributed by atoms with E-state index >= 15 is 0 Å². The van der Waals surface area contributed by atoms with Crippen molar-refractivity contribution >= 4 is 17.8 Å². The topological polar surface area (TPSA) is 68.2 Å². The molecule has 1 aromatic rings. The van der Waals surface area contributed by atoms with Crippen molar-refractivity contribution in [2.45, 2.75) is 83.4 Å². The van der Waals surface area contributed by atoms with Gasteiger partial charge in [0, 0.05) is 19.4 Å². The summed E-state index contributed by atoms with van der Waals surface area (Å²) >= 11 is 0. The van der Waals surface area contributed by atoms with E-state index in [9.17, 15) is 9.59 Å². The van der Waals surface area contributed by atoms with Gasteiger partial charge >= 0.3 is 5.97 Å². The van der Waals surface area contributed by atoms with Crippen LogP contribution >= 0.6 is 0 Å². The molecule has 3 rings (SSSR count). The number of nitrogens with zero attached hydrogens (tertiary/aromatic N) is 2. The lowest BCUT2D eigenvalue weighted by Crippen LogP contribution is -2.44. The highest BCUT2D eigenvalue weighted by Gasteiger charge is 2.33. The number of rotatable bonds is 9. The maximum absolute atomic E-state index is 13.1. The second-order valence-corrected chi connectivity index (χ2v) is 8.12. The summed E-state index contributed by atoms with van der Waals surface area (Å²) in [6, 6.07) is 10.4. The van der Waals surface area contributed by atoms with Gasteiger partial charge in [-0.1, -0.05) is 56.5 Å². The van der Waals surface area contributed by atoms with Crippen LogP contribution in [-0.4, -0.2) is 48.0 Å². The monoisotopic (exact) mass is 414 g/mol. The molecule has 1 aliphatic heterocycles. The van der Waals surface area contributed by atoms with E-state index in [-0.39, 0.29) is 24.0 Å². The molecule has 0 spiro atoms. The first-order valence-electron chi connectivity index (χ1n) is 11.3. The number of hydrogen-bond acceptors (Lipinski definition) is 5. The van der Waals surface area contributed by atoms with E-state index in [0.717, 1.165) is 18.4 Å². The highest BCUT2D eigenvalue weighted by molar-refractivity contribution is 5.84.